The van der Waals surface area contributed by atoms with Crippen LogP contribution in [0.1, 0.15) is 22.2 Å². The van der Waals surface area contributed by atoms with Crippen LogP contribution in [0.15, 0.2) is 29.6 Å². The Balaban J connectivity index is 2.08. The van der Waals surface area contributed by atoms with E-state index in [1.165, 1.54) is 0 Å². The van der Waals surface area contributed by atoms with Gasteiger partial charge in [0.1, 0.15) is 5.82 Å². The summed E-state index contributed by atoms with van der Waals surface area (Å²) in [6.45, 7) is 1.80. The van der Waals surface area contributed by atoms with E-state index in [1.54, 1.807) is 18.3 Å². The number of nitrogens with two attached hydrogens (primary N) is 1. The Hall–Kier alpha value is -1.95. The fraction of sp³-hybridized carbons (Fsp3) is 0.214. The van der Waals surface area contributed by atoms with E-state index >= 15 is 0 Å². The van der Waals surface area contributed by atoms with Crippen molar-refractivity contribution in [1.82, 2.24) is 5.32 Å². The van der Waals surface area contributed by atoms with Gasteiger partial charge in [-0.05, 0) is 30.5 Å². The first-order valence-electron chi connectivity index (χ1n) is 6.05. The minimum Gasteiger partial charge on any atom is -0.396 e. The molecule has 1 aromatic heterocycles. The van der Waals surface area contributed by atoms with E-state index in [-0.39, 0.29) is 17.3 Å². The van der Waals surface area contributed by atoms with Crippen LogP contribution in [-0.4, -0.2) is 11.9 Å². The Labute approximate surface area is 119 Å². The van der Waals surface area contributed by atoms with Crippen LogP contribution in [0.25, 0.3) is 0 Å². The normalized spacial score (nSPS) is 12.2. The topological polar surface area (TPSA) is 55.1 Å². The Morgan fingerprint density at radius 3 is 2.85 bits per heavy atom. The molecular formula is C14H14F2N2OS. The molecule has 2 aromatic rings. The maximum absolute atomic E-state index is 13.7. The molecule has 106 valence electrons. The summed E-state index contributed by atoms with van der Waals surface area (Å²) in [6.07, 6.45) is 0.635. The predicted octanol–water partition coefficient (Wildman–Crippen LogP) is 2.97. The first kappa shape index (κ1) is 14.5. The van der Waals surface area contributed by atoms with Crippen LogP contribution in [-0.2, 0) is 6.42 Å². The molecule has 0 aliphatic carbocycles. The molecule has 20 heavy (non-hydrogen) atoms. The molecule has 0 radical (unpaired) electrons. The molecule has 0 aliphatic rings. The highest BCUT2D eigenvalue weighted by atomic mass is 32.1. The van der Waals surface area contributed by atoms with Crippen molar-refractivity contribution in [3.05, 3.63) is 51.7 Å². The Bertz CT molecular complexity index is 614. The fourth-order valence-corrected chi connectivity index (χ4v) is 2.69. The number of hydrogen-bond acceptors (Lipinski definition) is 3. The molecule has 6 heteroatoms. The lowest BCUT2D eigenvalue weighted by molar-refractivity contribution is 0.0935. The third-order valence-corrected chi connectivity index (χ3v) is 3.67. The van der Waals surface area contributed by atoms with Gasteiger partial charge in [0.25, 0.3) is 5.91 Å². The first-order valence-corrected chi connectivity index (χ1v) is 6.93. The number of rotatable bonds is 4. The molecule has 1 amide bonds. The van der Waals surface area contributed by atoms with E-state index in [2.05, 4.69) is 5.32 Å². The molecule has 0 saturated heterocycles. The van der Waals surface area contributed by atoms with Crippen LogP contribution in [0.2, 0.25) is 0 Å². The van der Waals surface area contributed by atoms with Gasteiger partial charge in [-0.25, -0.2) is 8.78 Å². The van der Waals surface area contributed by atoms with Crippen molar-refractivity contribution in [2.45, 2.75) is 19.4 Å². The number of nitrogen functional groups attached to an aromatic ring is 1. The molecule has 1 unspecified atom stereocenters. The highest BCUT2D eigenvalue weighted by Crippen LogP contribution is 2.18. The van der Waals surface area contributed by atoms with Gasteiger partial charge in [-0.15, -0.1) is 11.3 Å². The number of carbonyl (C=O) groups excluding carboxylic acids is 1. The summed E-state index contributed by atoms with van der Waals surface area (Å²) < 4.78 is 26.9. The van der Waals surface area contributed by atoms with Gasteiger partial charge >= 0.3 is 0 Å². The summed E-state index contributed by atoms with van der Waals surface area (Å²) in [4.78, 5) is 13.0. The Morgan fingerprint density at radius 1 is 1.45 bits per heavy atom. The van der Waals surface area contributed by atoms with Crippen LogP contribution in [0, 0.1) is 11.6 Å². The number of hydrogen-bond donors (Lipinski definition) is 2. The number of amides is 1. The standard InChI is InChI=1S/C14H14F2N2OS/c1-8(5-10-3-2-4-20-10)18-14(19)11-6-9(15)7-12(17)13(11)16/h2-4,6-8H,5,17H2,1H3,(H,18,19). The van der Waals surface area contributed by atoms with E-state index in [1.807, 2.05) is 17.5 Å². The zero-order chi connectivity index (χ0) is 14.7. The van der Waals surface area contributed by atoms with Crippen molar-refractivity contribution >= 4 is 22.9 Å². The Kier molecular flexibility index (Phi) is 4.34. The quantitative estimate of drug-likeness (QED) is 0.852. The van der Waals surface area contributed by atoms with E-state index in [9.17, 15) is 13.6 Å². The first-order chi connectivity index (χ1) is 9.47. The Morgan fingerprint density at radius 2 is 2.20 bits per heavy atom. The van der Waals surface area contributed by atoms with E-state index in [0.29, 0.717) is 6.42 Å². The zero-order valence-corrected chi connectivity index (χ0v) is 11.6. The number of nitrogens with one attached hydrogen (secondary N) is 1. The highest BCUT2D eigenvalue weighted by molar-refractivity contribution is 7.09. The molecule has 0 spiro atoms. The molecule has 1 aromatic carbocycles. The van der Waals surface area contributed by atoms with Gasteiger partial charge in [-0.3, -0.25) is 4.79 Å². The average molecular weight is 296 g/mol. The summed E-state index contributed by atoms with van der Waals surface area (Å²) >= 11 is 1.58. The minimum atomic E-state index is -0.896. The predicted molar refractivity (Wildman–Crippen MR) is 75.7 cm³/mol. The van der Waals surface area contributed by atoms with Gasteiger partial charge < -0.3 is 11.1 Å². The second kappa shape index (κ2) is 6.00. The smallest absolute Gasteiger partial charge is 0.254 e. The van der Waals surface area contributed by atoms with Crippen LogP contribution >= 0.6 is 11.3 Å². The second-order valence-electron chi connectivity index (χ2n) is 4.51. The number of anilines is 1. The molecule has 0 saturated carbocycles. The van der Waals surface area contributed by atoms with Crippen molar-refractivity contribution in [2.75, 3.05) is 5.73 Å². The van der Waals surface area contributed by atoms with Crippen molar-refractivity contribution in [2.24, 2.45) is 0 Å². The maximum atomic E-state index is 13.7. The van der Waals surface area contributed by atoms with Gasteiger partial charge in [0.2, 0.25) is 0 Å². The largest absolute Gasteiger partial charge is 0.396 e. The van der Waals surface area contributed by atoms with Gasteiger partial charge in [0.15, 0.2) is 5.82 Å². The van der Waals surface area contributed by atoms with Crippen LogP contribution in [0.4, 0.5) is 14.5 Å². The fourth-order valence-electron chi connectivity index (χ4n) is 1.86. The summed E-state index contributed by atoms with van der Waals surface area (Å²) in [7, 11) is 0. The molecule has 3 nitrogen and oxygen atoms in total. The molecule has 0 fully saturated rings. The summed E-state index contributed by atoms with van der Waals surface area (Å²) in [5.41, 5.74) is 4.56. The third kappa shape index (κ3) is 3.33. The summed E-state index contributed by atoms with van der Waals surface area (Å²) in [5.74, 6) is -2.30. The lowest BCUT2D eigenvalue weighted by Crippen LogP contribution is -2.34. The number of thiophene rings is 1. The maximum Gasteiger partial charge on any atom is 0.254 e. The van der Waals surface area contributed by atoms with Gasteiger partial charge in [0, 0.05) is 17.3 Å². The van der Waals surface area contributed by atoms with Crippen molar-refractivity contribution in [3.63, 3.8) is 0 Å². The second-order valence-corrected chi connectivity index (χ2v) is 5.55. The van der Waals surface area contributed by atoms with Crippen LogP contribution < -0.4 is 11.1 Å². The number of benzene rings is 1. The van der Waals surface area contributed by atoms with E-state index < -0.39 is 17.5 Å². The van der Waals surface area contributed by atoms with Gasteiger partial charge in [-0.1, -0.05) is 6.07 Å². The average Bonchev–Trinajstić information content (AvgIpc) is 2.86. The number of carbonyl (C=O) groups is 1. The van der Waals surface area contributed by atoms with Crippen molar-refractivity contribution < 1.29 is 13.6 Å². The lowest BCUT2D eigenvalue weighted by Gasteiger charge is -2.14. The van der Waals surface area contributed by atoms with E-state index in [4.69, 9.17) is 5.73 Å². The van der Waals surface area contributed by atoms with Crippen molar-refractivity contribution in [3.8, 4) is 0 Å². The third-order valence-electron chi connectivity index (χ3n) is 2.78. The molecule has 1 heterocycles. The molecule has 3 N–H and O–H groups in total. The highest BCUT2D eigenvalue weighted by Gasteiger charge is 2.18. The van der Waals surface area contributed by atoms with E-state index in [0.717, 1.165) is 17.0 Å². The molecular weight excluding hydrogens is 282 g/mol. The van der Waals surface area contributed by atoms with Crippen LogP contribution in [0.5, 0.6) is 0 Å². The summed E-state index contributed by atoms with van der Waals surface area (Å²) in [5, 5.41) is 4.58. The minimum absolute atomic E-state index is 0.190. The van der Waals surface area contributed by atoms with Crippen LogP contribution in [0.3, 0.4) is 0 Å². The lowest BCUT2D eigenvalue weighted by atomic mass is 10.1. The summed E-state index contributed by atoms with van der Waals surface area (Å²) in [6, 6.07) is 5.38. The number of halogens is 2. The zero-order valence-electron chi connectivity index (χ0n) is 10.8. The SMILES string of the molecule is CC(Cc1cccs1)NC(=O)c1cc(F)cc(N)c1F. The molecule has 0 aliphatic heterocycles. The molecule has 2 rings (SSSR count). The van der Waals surface area contributed by atoms with Crippen molar-refractivity contribution in [1.29, 1.82) is 0 Å². The monoisotopic (exact) mass is 296 g/mol. The van der Waals surface area contributed by atoms with Gasteiger partial charge in [-0.2, -0.15) is 0 Å². The molecule has 1 atom stereocenters. The van der Waals surface area contributed by atoms with Gasteiger partial charge in [0.05, 0.1) is 11.3 Å². The molecule has 0 bridgehead atoms.